The zero-order valence-corrected chi connectivity index (χ0v) is 29.0. The number of benzene rings is 1. The number of carbonyl (C=O) groups excluding carboxylic acids is 2. The largest absolute Gasteiger partial charge is 0.393 e. The summed E-state index contributed by atoms with van der Waals surface area (Å²) in [6, 6.07) is 9.51. The molecule has 3 fully saturated rings. The van der Waals surface area contributed by atoms with E-state index in [0.29, 0.717) is 24.6 Å². The molecular weight excluding hydrogens is 613 g/mol. The van der Waals surface area contributed by atoms with Crippen LogP contribution in [-0.4, -0.2) is 88.3 Å². The summed E-state index contributed by atoms with van der Waals surface area (Å²) < 4.78 is 5.87. The number of thiazole rings is 1. The number of amides is 2. The number of hydrogen-bond acceptors (Lipinski definition) is 9. The number of nitrogens with zero attached hydrogens (tertiary/aromatic N) is 5. The molecule has 2 aromatic heterocycles. The molecule has 3 saturated heterocycles. The molecule has 5 heterocycles. The van der Waals surface area contributed by atoms with E-state index in [9.17, 15) is 14.7 Å². The van der Waals surface area contributed by atoms with Crippen LogP contribution in [0.3, 0.4) is 0 Å². The molecule has 3 atom stereocenters. The third-order valence-electron chi connectivity index (χ3n) is 10.4. The van der Waals surface area contributed by atoms with Crippen LogP contribution in [0.5, 0.6) is 0 Å². The van der Waals surface area contributed by atoms with Crippen LogP contribution in [0.4, 0.5) is 5.82 Å². The maximum atomic E-state index is 14.1. The summed E-state index contributed by atoms with van der Waals surface area (Å²) in [6.45, 7) is 13.5. The first-order chi connectivity index (χ1) is 22.7. The van der Waals surface area contributed by atoms with Gasteiger partial charge in [-0.25, -0.2) is 4.98 Å². The number of aliphatic hydroxyl groups excluding tert-OH is 1. The second kappa shape index (κ2) is 14.9. The third-order valence-corrected chi connectivity index (χ3v) is 11.4. The number of hydrogen-bond donors (Lipinski definition) is 2. The maximum absolute atomic E-state index is 14.1. The van der Waals surface area contributed by atoms with Crippen LogP contribution >= 0.6 is 11.3 Å². The van der Waals surface area contributed by atoms with Crippen molar-refractivity contribution < 1.29 is 19.2 Å². The van der Waals surface area contributed by atoms with Crippen LogP contribution in [0.2, 0.25) is 0 Å². The molecule has 3 aliphatic rings. The summed E-state index contributed by atoms with van der Waals surface area (Å²) in [4.78, 5) is 39.7. The lowest BCUT2D eigenvalue weighted by molar-refractivity contribution is -0.141. The molecule has 47 heavy (non-hydrogen) atoms. The number of aliphatic hydroxyl groups is 1. The van der Waals surface area contributed by atoms with Gasteiger partial charge in [0.15, 0.2) is 11.6 Å². The van der Waals surface area contributed by atoms with Crippen LogP contribution in [-0.2, 0) is 9.59 Å². The van der Waals surface area contributed by atoms with Gasteiger partial charge >= 0.3 is 0 Å². The fraction of sp³-hybridized carbons (Fsp3) is 0.611. The SMILES string of the molecule is Cc1ncsc1-c1ccc(C(C)NC(=O)C2CCCN2C(=O)C(c2cc(N3CCC(CN4CCC(O)CC4)CC3)no2)C(C)C)cc1. The number of aromatic nitrogens is 2. The zero-order valence-electron chi connectivity index (χ0n) is 28.2. The van der Waals surface area contributed by atoms with Gasteiger partial charge in [-0.05, 0) is 75.3 Å². The molecule has 2 N–H and O–H groups in total. The summed E-state index contributed by atoms with van der Waals surface area (Å²) in [5.41, 5.74) is 5.01. The van der Waals surface area contributed by atoms with Gasteiger partial charge in [0.1, 0.15) is 12.0 Å². The molecule has 0 saturated carbocycles. The highest BCUT2D eigenvalue weighted by Gasteiger charge is 2.40. The molecular formula is C36H50N6O4S. The Labute approximate surface area is 282 Å². The Hall–Kier alpha value is -3.28. The second-order valence-corrected chi connectivity index (χ2v) is 14.9. The molecule has 3 unspecified atom stereocenters. The Kier molecular flexibility index (Phi) is 10.6. The summed E-state index contributed by atoms with van der Waals surface area (Å²) in [7, 11) is 0. The Morgan fingerprint density at radius 2 is 1.74 bits per heavy atom. The fourth-order valence-electron chi connectivity index (χ4n) is 7.50. The molecule has 10 nitrogen and oxygen atoms in total. The number of nitrogens with one attached hydrogen (secondary N) is 1. The fourth-order valence-corrected chi connectivity index (χ4v) is 8.31. The third kappa shape index (κ3) is 7.73. The summed E-state index contributed by atoms with van der Waals surface area (Å²) in [5, 5.41) is 17.4. The van der Waals surface area contributed by atoms with Gasteiger partial charge in [-0.1, -0.05) is 43.3 Å². The van der Waals surface area contributed by atoms with Crippen LogP contribution in [0.25, 0.3) is 10.4 Å². The molecule has 0 bridgehead atoms. The molecule has 3 aromatic rings. The molecule has 11 heteroatoms. The molecule has 254 valence electrons. The normalized spacial score (nSPS) is 21.4. The van der Waals surface area contributed by atoms with Crippen molar-refractivity contribution in [1.82, 2.24) is 25.3 Å². The first kappa shape index (κ1) is 33.6. The quantitative estimate of drug-likeness (QED) is 0.297. The van der Waals surface area contributed by atoms with Gasteiger partial charge in [0, 0.05) is 45.3 Å². The van der Waals surface area contributed by atoms with Crippen molar-refractivity contribution in [1.29, 1.82) is 0 Å². The van der Waals surface area contributed by atoms with E-state index >= 15 is 0 Å². The lowest BCUT2D eigenvalue weighted by Crippen LogP contribution is -2.48. The Morgan fingerprint density at radius 1 is 1.02 bits per heavy atom. The maximum Gasteiger partial charge on any atom is 0.243 e. The lowest BCUT2D eigenvalue weighted by atomic mass is 9.91. The highest BCUT2D eigenvalue weighted by Crippen LogP contribution is 2.34. The first-order valence-corrected chi connectivity index (χ1v) is 18.3. The highest BCUT2D eigenvalue weighted by molar-refractivity contribution is 7.13. The van der Waals surface area contributed by atoms with Gasteiger partial charge in [-0.3, -0.25) is 9.59 Å². The van der Waals surface area contributed by atoms with Crippen LogP contribution in [0, 0.1) is 18.8 Å². The minimum Gasteiger partial charge on any atom is -0.393 e. The monoisotopic (exact) mass is 662 g/mol. The van der Waals surface area contributed by atoms with Crippen molar-refractivity contribution in [3.63, 3.8) is 0 Å². The molecule has 3 aliphatic heterocycles. The van der Waals surface area contributed by atoms with Gasteiger partial charge in [-0.15, -0.1) is 11.3 Å². The van der Waals surface area contributed by atoms with Gasteiger partial charge in [0.05, 0.1) is 28.2 Å². The van der Waals surface area contributed by atoms with E-state index in [1.54, 1.807) is 16.2 Å². The molecule has 0 aliphatic carbocycles. The molecule has 0 spiro atoms. The minimum absolute atomic E-state index is 0.0129. The molecule has 1 aromatic carbocycles. The first-order valence-electron chi connectivity index (χ1n) is 17.4. The van der Waals surface area contributed by atoms with E-state index in [2.05, 4.69) is 49.5 Å². The van der Waals surface area contributed by atoms with E-state index in [-0.39, 0.29) is 29.9 Å². The van der Waals surface area contributed by atoms with Gasteiger partial charge in [-0.2, -0.15) is 0 Å². The summed E-state index contributed by atoms with van der Waals surface area (Å²) in [6.07, 6.45) is 5.23. The van der Waals surface area contributed by atoms with Gasteiger partial charge in [0.25, 0.3) is 0 Å². The van der Waals surface area contributed by atoms with E-state index in [1.165, 1.54) is 0 Å². The van der Waals surface area contributed by atoms with Crippen LogP contribution in [0.15, 0.2) is 40.4 Å². The van der Waals surface area contributed by atoms with Crippen molar-refractivity contribution in [3.8, 4) is 10.4 Å². The van der Waals surface area contributed by atoms with Crippen molar-refractivity contribution in [3.05, 3.63) is 52.9 Å². The van der Waals surface area contributed by atoms with Crippen molar-refractivity contribution in [2.45, 2.75) is 90.3 Å². The van der Waals surface area contributed by atoms with Gasteiger partial charge in [0.2, 0.25) is 11.8 Å². The van der Waals surface area contributed by atoms with Crippen LogP contribution in [0.1, 0.15) is 88.3 Å². The number of anilines is 1. The van der Waals surface area contributed by atoms with E-state index < -0.39 is 12.0 Å². The van der Waals surface area contributed by atoms with Crippen molar-refractivity contribution in [2.24, 2.45) is 11.8 Å². The number of piperidine rings is 2. The van der Waals surface area contributed by atoms with E-state index in [0.717, 1.165) is 92.3 Å². The Bertz CT molecular complexity index is 1490. The summed E-state index contributed by atoms with van der Waals surface area (Å²) in [5.74, 6) is 1.31. The summed E-state index contributed by atoms with van der Waals surface area (Å²) >= 11 is 1.62. The van der Waals surface area contributed by atoms with Gasteiger partial charge < -0.3 is 29.6 Å². The Balaban J connectivity index is 1.05. The molecule has 6 rings (SSSR count). The Morgan fingerprint density at radius 3 is 2.40 bits per heavy atom. The number of aryl methyl sites for hydroxylation is 1. The minimum atomic E-state index is -0.505. The van der Waals surface area contributed by atoms with Crippen LogP contribution < -0.4 is 10.2 Å². The lowest BCUT2D eigenvalue weighted by Gasteiger charge is -2.36. The average Bonchev–Trinajstić information content (AvgIpc) is 3.84. The molecule has 2 amide bonds. The number of likely N-dealkylation sites (tertiary alicyclic amines) is 2. The topological polar surface area (TPSA) is 115 Å². The van der Waals surface area contributed by atoms with E-state index in [4.69, 9.17) is 4.52 Å². The predicted molar refractivity (Wildman–Crippen MR) is 184 cm³/mol. The average molecular weight is 663 g/mol. The second-order valence-electron chi connectivity index (χ2n) is 14.1. The zero-order chi connectivity index (χ0) is 33.1. The number of rotatable bonds is 10. The van der Waals surface area contributed by atoms with Crippen molar-refractivity contribution >= 4 is 29.0 Å². The smallest absolute Gasteiger partial charge is 0.243 e. The molecule has 0 radical (unpaired) electrons. The van der Waals surface area contributed by atoms with Crippen molar-refractivity contribution in [2.75, 3.05) is 44.2 Å². The predicted octanol–water partition coefficient (Wildman–Crippen LogP) is 5.39. The standard InChI is InChI=1S/C36H50N6O4S/c1-23(2)33(31-20-32(39-46-31)41-18-11-26(12-19-41)21-40-16-13-29(43)14-17-40)36(45)42-15-5-6-30(42)35(44)38-24(3)27-7-9-28(10-8-27)34-25(4)37-22-47-34/h7-10,20,22-24,26,29-30,33,43H,5-6,11-19,21H2,1-4H3,(H,38,44). The highest BCUT2D eigenvalue weighted by atomic mass is 32.1. The number of carbonyl (C=O) groups is 2. The van der Waals surface area contributed by atoms with E-state index in [1.807, 2.05) is 39.3 Å².